The van der Waals surface area contributed by atoms with Gasteiger partial charge >= 0.3 is 61.1 Å². The standard InChI is InChI=1S/C22H30N2.C17H19N3O2.C17H21N3.C10H12ClN3O2.C7H9BO2.C6H9BO6.C5H2Cl2N2O2.C5H11N.C4H8O.Na.H/c1-4-16(2)15-19-13-14-21(18-11-9-17(3)10-12-18)24-22(19)23-20-7-5-6-8-20;1-12-6-8-13(9-7-12)15-10-11-16(20(21)22)17(19-15)18-14-4-2-3-5-14;1-12-6-8-13(9-7-12)16-11-10-15(18)17(20-16)19-14-4-2-3-5-14;11-9-6-5-8(14(15)16)10(13-9)12-7-3-1-2-4-7;1-6-2-4-7(5-3-6)8(9)10;1-4(8)11-7(12-5(2)9)13-6(3)10;6-4-2-1-3(9(10)11)5(7)8-4;6-5-3-1-2-4-5;1-3-4(2)5;;/h9-14,16,20H,4-8,15H2,1-3H3,(H,23,24);6-11,14H,2-5H2,1H3,(H,18,19);6-11,14H,2-5,18H2,1H3,(H,19,20);5-7H,1-4H2,(H,12,13);2-5,9-10H,1H3;1-3H3;1-2H;5H,1-4,6H2;3H2,1-2H3;;/q;;;;;;;;;+1;-1. The molecule has 10 N–H and O–H groups in total. The largest absolute Gasteiger partial charge is 1.00 e. The molecule has 35 heteroatoms. The summed E-state index contributed by atoms with van der Waals surface area (Å²) in [4.78, 5) is 93.5. The average Bonchev–Trinajstić information content (AvgIpc) is 1.70. The molecule has 5 aliphatic carbocycles. The summed E-state index contributed by atoms with van der Waals surface area (Å²) in [6.07, 6.45) is 27.3. The van der Waals surface area contributed by atoms with Crippen LogP contribution in [0.1, 0.15) is 219 Å². The van der Waals surface area contributed by atoms with E-state index >= 15 is 0 Å². The molecule has 5 fully saturated rings. The molecular weight excluding hydrogens is 1700 g/mol. The number of aryl methyl sites for hydroxylation is 4. The number of Topliss-reactive ketones (excluding diaryl/α,β-unsaturated/α-hetero) is 1. The van der Waals surface area contributed by atoms with Gasteiger partial charge in [-0.1, -0.05) is 252 Å². The summed E-state index contributed by atoms with van der Waals surface area (Å²) in [6.45, 7) is 19.5. The molecule has 0 aliphatic heterocycles. The van der Waals surface area contributed by atoms with Gasteiger partial charge in [-0.05, 0) is 159 Å². The molecule has 1 unspecified atom stereocenters. The number of nitrogens with zero attached hydrogens (tertiary/aromatic N) is 8. The van der Waals surface area contributed by atoms with Crippen LogP contribution in [0.4, 0.5) is 46.0 Å². The summed E-state index contributed by atoms with van der Waals surface area (Å²) in [5.74, 6) is 1.41. The van der Waals surface area contributed by atoms with Crippen molar-refractivity contribution in [2.75, 3.05) is 27.0 Å². The second kappa shape index (κ2) is 57.7. The topological polar surface area (TPSA) is 430 Å². The number of hydrogen-bond donors (Lipinski definition) is 8. The SMILES string of the molecule is CC(=O)OB(OC(C)=O)OC(C)=O.CCC(C)=O.CCC(C)Cc1ccc(-c2ccc(C)cc2)nc1NC1CCCC1.Cc1ccc(-c2ccc(N)c(NC3CCCC3)n2)cc1.Cc1ccc(-c2ccc([N+](=O)[O-])c(NC3CCCC3)n2)cc1.Cc1ccc(B(O)O)cc1.NC1CCCC1.O=[N+]([O-])c1ccc(Cl)nc1Cl.O=[N+]([O-])c1ccc(Cl)nc1NC1CCCC1.[H-].[Na+]. The molecule has 0 radical (unpaired) electrons. The van der Waals surface area contributed by atoms with Gasteiger partial charge in [0.1, 0.15) is 27.7 Å². The van der Waals surface area contributed by atoms with Crippen LogP contribution in [-0.2, 0) is 39.6 Å². The van der Waals surface area contributed by atoms with Crippen molar-refractivity contribution in [1.29, 1.82) is 0 Å². The molecule has 0 spiro atoms. The zero-order valence-corrected chi connectivity index (χ0v) is 79.7. The van der Waals surface area contributed by atoms with Crippen molar-refractivity contribution < 1.29 is 88.9 Å². The van der Waals surface area contributed by atoms with E-state index in [2.05, 4.69) is 139 Å². The average molecular weight is 1830 g/mol. The summed E-state index contributed by atoms with van der Waals surface area (Å²) in [6, 6.07) is 51.4. The van der Waals surface area contributed by atoms with Gasteiger partial charge in [-0.2, -0.15) is 0 Å². The number of aromatic nitrogens is 5. The molecule has 0 saturated heterocycles. The maximum Gasteiger partial charge on any atom is 1.00 e. The molecule has 14 rings (SSSR count). The molecule has 5 heterocycles. The Labute approximate surface area is 790 Å². The zero-order chi connectivity index (χ0) is 93.1. The molecule has 0 bridgehead atoms. The predicted molar refractivity (Wildman–Crippen MR) is 508 cm³/mol. The minimum absolute atomic E-state index is 0. The molecular formula is C93H122B2Cl3N14NaO15. The summed E-state index contributed by atoms with van der Waals surface area (Å²) in [5.41, 5.74) is 24.9. The van der Waals surface area contributed by atoms with Gasteiger partial charge in [0.2, 0.25) is 16.8 Å². The van der Waals surface area contributed by atoms with Crippen LogP contribution in [0.5, 0.6) is 0 Å². The molecule has 5 aromatic heterocycles. The van der Waals surface area contributed by atoms with E-state index < -0.39 is 42.2 Å². The smallest absolute Gasteiger partial charge is 1.00 e. The Morgan fingerprint density at radius 1 is 0.453 bits per heavy atom. The summed E-state index contributed by atoms with van der Waals surface area (Å²) in [5, 5.41) is 63.3. The van der Waals surface area contributed by atoms with Crippen LogP contribution in [0.15, 0.2) is 158 Å². The minimum atomic E-state index is -1.59. The second-order valence-electron chi connectivity index (χ2n) is 31.9. The van der Waals surface area contributed by atoms with Gasteiger partial charge in [0.05, 0.1) is 37.5 Å². The van der Waals surface area contributed by atoms with E-state index in [-0.39, 0.29) is 86.1 Å². The van der Waals surface area contributed by atoms with Gasteiger partial charge in [-0.15, -0.1) is 0 Å². The van der Waals surface area contributed by atoms with Crippen LogP contribution in [0, 0.1) is 64.0 Å². The van der Waals surface area contributed by atoms with Crippen molar-refractivity contribution in [2.45, 2.75) is 254 Å². The number of nitro groups is 3. The Hall–Kier alpha value is -10.2. The van der Waals surface area contributed by atoms with Crippen LogP contribution >= 0.6 is 34.8 Å². The van der Waals surface area contributed by atoms with E-state index in [9.17, 15) is 49.5 Å². The molecule has 1 atom stereocenters. The van der Waals surface area contributed by atoms with Crippen molar-refractivity contribution in [2.24, 2.45) is 11.7 Å². The number of benzene rings is 4. The van der Waals surface area contributed by atoms with Gasteiger partial charge in [-0.3, -0.25) is 44.7 Å². The first kappa shape index (κ1) is 108. The van der Waals surface area contributed by atoms with Crippen LogP contribution in [0.25, 0.3) is 33.8 Å². The van der Waals surface area contributed by atoms with Crippen LogP contribution in [0.2, 0.25) is 15.5 Å². The first-order chi connectivity index (χ1) is 60.6. The Morgan fingerprint density at radius 3 is 1.09 bits per heavy atom. The third kappa shape index (κ3) is 40.6. The number of rotatable bonds is 22. The van der Waals surface area contributed by atoms with E-state index in [0.29, 0.717) is 47.8 Å². The quantitative estimate of drug-likeness (QED) is 0.0135. The van der Waals surface area contributed by atoms with Gasteiger partial charge in [0, 0.05) is 92.3 Å². The number of carbonyl (C=O) groups is 4. The molecule has 29 nitrogen and oxygen atoms in total. The molecule has 4 aromatic carbocycles. The van der Waals surface area contributed by atoms with E-state index in [1.165, 1.54) is 148 Å². The van der Waals surface area contributed by atoms with E-state index in [4.69, 9.17) is 66.3 Å². The maximum atomic E-state index is 11.2. The Balaban J connectivity index is 0.000000313. The monoisotopic (exact) mass is 1820 g/mol. The van der Waals surface area contributed by atoms with Gasteiger partial charge in [-0.25, -0.2) is 24.9 Å². The number of halogens is 3. The van der Waals surface area contributed by atoms with Crippen LogP contribution in [-0.4, -0.2) is 118 Å². The predicted octanol–water partition coefficient (Wildman–Crippen LogP) is 17.9. The number of ketones is 1. The number of anilines is 5. The Kier molecular flexibility index (Phi) is 48.8. The van der Waals surface area contributed by atoms with Crippen LogP contribution < -0.4 is 67.8 Å². The molecule has 9 aromatic rings. The van der Waals surface area contributed by atoms with E-state index in [1.54, 1.807) is 31.2 Å². The number of hydrogen-bond acceptors (Lipinski definition) is 26. The molecule has 5 aliphatic rings. The first-order valence-electron chi connectivity index (χ1n) is 43.2. The summed E-state index contributed by atoms with van der Waals surface area (Å²) < 4.78 is 13.0. The van der Waals surface area contributed by atoms with Crippen molar-refractivity contribution in [1.82, 2.24) is 24.9 Å². The fourth-order valence-electron chi connectivity index (χ4n) is 13.7. The fraction of sp³-hybridized carbons (Fsp3) is 0.430. The third-order valence-electron chi connectivity index (χ3n) is 21.2. The summed E-state index contributed by atoms with van der Waals surface area (Å²) in [7, 11) is -2.94. The van der Waals surface area contributed by atoms with Crippen molar-refractivity contribution >= 4 is 124 Å². The molecule has 5 saturated carbocycles. The van der Waals surface area contributed by atoms with Gasteiger partial charge in [0.15, 0.2) is 0 Å². The zero-order valence-electron chi connectivity index (χ0n) is 76.5. The molecule has 682 valence electrons. The number of nitrogen functional groups attached to an aromatic ring is 1. The normalized spacial score (nSPS) is 14.0. The van der Waals surface area contributed by atoms with E-state index in [1.807, 2.05) is 69.3 Å². The van der Waals surface area contributed by atoms with E-state index in [0.717, 1.165) is 117 Å². The Morgan fingerprint density at radius 2 is 0.758 bits per heavy atom. The van der Waals surface area contributed by atoms with Crippen molar-refractivity contribution in [3.05, 3.63) is 231 Å². The maximum absolute atomic E-state index is 11.2. The Bertz CT molecular complexity index is 4920. The van der Waals surface area contributed by atoms with Crippen molar-refractivity contribution in [3.63, 3.8) is 0 Å². The number of nitrogens with two attached hydrogens (primary N) is 2. The fourth-order valence-corrected chi connectivity index (χ4v) is 14.3. The molecule has 128 heavy (non-hydrogen) atoms. The minimum Gasteiger partial charge on any atom is -1.00 e. The first-order valence-corrected chi connectivity index (χ1v) is 44.4. The van der Waals surface area contributed by atoms with Gasteiger partial charge in [0.25, 0.3) is 17.9 Å². The van der Waals surface area contributed by atoms with Gasteiger partial charge < -0.3 is 63.0 Å². The summed E-state index contributed by atoms with van der Waals surface area (Å²) >= 11 is 16.5. The van der Waals surface area contributed by atoms with Crippen LogP contribution in [0.3, 0.4) is 0 Å². The number of nitrogens with one attached hydrogen (secondary N) is 4. The second-order valence-corrected chi connectivity index (χ2v) is 33.1. The third-order valence-corrected chi connectivity index (χ3v) is 21.9. The van der Waals surface area contributed by atoms with Crippen molar-refractivity contribution in [3.8, 4) is 33.8 Å². The molecule has 0 amide bonds. The number of pyridine rings is 5. The number of carbonyl (C=O) groups excluding carboxylic acids is 4.